The van der Waals surface area contributed by atoms with Crippen molar-refractivity contribution >= 4 is 11.8 Å². The van der Waals surface area contributed by atoms with E-state index in [0.29, 0.717) is 6.42 Å². The largest absolute Gasteiger partial charge is 0.368 e. The molecule has 0 spiro atoms. The first kappa shape index (κ1) is 14.8. The second kappa shape index (κ2) is 6.69. The first-order valence-corrected chi connectivity index (χ1v) is 6.74. The van der Waals surface area contributed by atoms with E-state index in [2.05, 4.69) is 10.4 Å². The van der Waals surface area contributed by atoms with Gasteiger partial charge >= 0.3 is 0 Å². The summed E-state index contributed by atoms with van der Waals surface area (Å²) < 4.78 is 1.76. The highest BCUT2D eigenvalue weighted by molar-refractivity contribution is 5.86. The van der Waals surface area contributed by atoms with Crippen LogP contribution in [0.5, 0.6) is 0 Å². The fourth-order valence-corrected chi connectivity index (χ4v) is 1.85. The van der Waals surface area contributed by atoms with E-state index >= 15 is 0 Å². The van der Waals surface area contributed by atoms with Gasteiger partial charge in [0.1, 0.15) is 6.04 Å². The number of amides is 2. The van der Waals surface area contributed by atoms with Gasteiger partial charge in [0.25, 0.3) is 0 Å². The lowest BCUT2D eigenvalue weighted by atomic mass is 10.2. The number of aryl methyl sites for hydroxylation is 1. The Hall–Kier alpha value is -2.63. The molecule has 110 valence electrons. The van der Waals surface area contributed by atoms with E-state index in [1.54, 1.807) is 17.8 Å². The van der Waals surface area contributed by atoms with Gasteiger partial charge in [-0.1, -0.05) is 18.2 Å². The fourth-order valence-electron chi connectivity index (χ4n) is 1.85. The van der Waals surface area contributed by atoms with Gasteiger partial charge in [0, 0.05) is 12.6 Å². The number of nitrogens with one attached hydrogen (secondary N) is 1. The molecule has 2 amide bonds. The first-order valence-electron chi connectivity index (χ1n) is 6.74. The van der Waals surface area contributed by atoms with Crippen molar-refractivity contribution in [2.24, 2.45) is 5.73 Å². The van der Waals surface area contributed by atoms with Crippen LogP contribution in [0.1, 0.15) is 18.9 Å². The molecule has 1 unspecified atom stereocenters. The van der Waals surface area contributed by atoms with E-state index in [-0.39, 0.29) is 12.3 Å². The third-order valence-corrected chi connectivity index (χ3v) is 3.10. The topological polar surface area (TPSA) is 90.0 Å². The number of nitrogens with zero attached hydrogens (tertiary/aromatic N) is 2. The van der Waals surface area contributed by atoms with E-state index < -0.39 is 11.9 Å². The number of hydrogen-bond acceptors (Lipinski definition) is 3. The lowest BCUT2D eigenvalue weighted by molar-refractivity contribution is -0.126. The van der Waals surface area contributed by atoms with E-state index in [4.69, 9.17) is 5.73 Å². The fraction of sp³-hybridized carbons (Fsp3) is 0.267. The molecule has 2 rings (SSSR count). The molecule has 0 aliphatic rings. The molecule has 21 heavy (non-hydrogen) atoms. The Labute approximate surface area is 122 Å². The summed E-state index contributed by atoms with van der Waals surface area (Å²) in [6.45, 7) is 1.56. The van der Waals surface area contributed by atoms with Crippen LogP contribution < -0.4 is 11.1 Å². The van der Waals surface area contributed by atoms with E-state index in [1.807, 2.05) is 36.5 Å². The highest BCUT2D eigenvalue weighted by atomic mass is 16.2. The first-order chi connectivity index (χ1) is 10.1. The zero-order valence-electron chi connectivity index (χ0n) is 11.8. The minimum atomic E-state index is -0.649. The van der Waals surface area contributed by atoms with Crippen molar-refractivity contribution in [2.75, 3.05) is 0 Å². The number of para-hydroxylation sites is 1. The Kier molecular flexibility index (Phi) is 4.71. The standard InChI is InChI=1S/C15H18N4O2/c1-11(15(16)21)18-14(20)8-7-12-9-17-19(10-12)13-5-3-2-4-6-13/h2-6,9-11H,7-8H2,1H3,(H2,16,21)(H,18,20). The number of nitrogens with two attached hydrogens (primary N) is 1. The molecule has 0 aliphatic carbocycles. The lowest BCUT2D eigenvalue weighted by Gasteiger charge is -2.09. The smallest absolute Gasteiger partial charge is 0.239 e. The average Bonchev–Trinajstić information content (AvgIpc) is 2.95. The van der Waals surface area contributed by atoms with Gasteiger partial charge in [0.05, 0.1) is 11.9 Å². The number of benzene rings is 1. The SMILES string of the molecule is CC(NC(=O)CCc1cnn(-c2ccccc2)c1)C(N)=O. The molecule has 0 fully saturated rings. The van der Waals surface area contributed by atoms with Crippen LogP contribution in [0.15, 0.2) is 42.7 Å². The van der Waals surface area contributed by atoms with E-state index in [1.165, 1.54) is 0 Å². The van der Waals surface area contributed by atoms with Gasteiger partial charge in [-0.05, 0) is 31.0 Å². The molecule has 6 nitrogen and oxygen atoms in total. The molecule has 2 aromatic rings. The van der Waals surface area contributed by atoms with Gasteiger partial charge in [0.2, 0.25) is 11.8 Å². The van der Waals surface area contributed by atoms with Crippen LogP contribution in [0.4, 0.5) is 0 Å². The predicted octanol–water partition coefficient (Wildman–Crippen LogP) is 0.795. The van der Waals surface area contributed by atoms with Gasteiger partial charge in [-0.25, -0.2) is 4.68 Å². The Morgan fingerprint density at radius 1 is 1.33 bits per heavy atom. The van der Waals surface area contributed by atoms with Crippen LogP contribution in [-0.4, -0.2) is 27.6 Å². The number of rotatable bonds is 6. The molecular weight excluding hydrogens is 268 g/mol. The van der Waals surface area contributed by atoms with Gasteiger partial charge in [0.15, 0.2) is 0 Å². The Bertz CT molecular complexity index is 622. The number of primary amides is 1. The number of carbonyl (C=O) groups excluding carboxylic acids is 2. The van der Waals surface area contributed by atoms with Crippen LogP contribution >= 0.6 is 0 Å². The third-order valence-electron chi connectivity index (χ3n) is 3.10. The molecule has 0 radical (unpaired) electrons. The van der Waals surface area contributed by atoms with Crippen LogP contribution in [-0.2, 0) is 16.0 Å². The highest BCUT2D eigenvalue weighted by Gasteiger charge is 2.12. The Morgan fingerprint density at radius 2 is 2.05 bits per heavy atom. The molecule has 1 aromatic carbocycles. The second-order valence-corrected chi connectivity index (χ2v) is 4.82. The molecule has 6 heteroatoms. The monoisotopic (exact) mass is 286 g/mol. The maximum atomic E-state index is 11.7. The molecular formula is C15H18N4O2. The summed E-state index contributed by atoms with van der Waals surface area (Å²) in [5, 5.41) is 6.81. The molecule has 1 atom stereocenters. The molecule has 0 saturated carbocycles. The van der Waals surface area contributed by atoms with Gasteiger partial charge in [-0.3, -0.25) is 9.59 Å². The van der Waals surface area contributed by atoms with Crippen molar-refractivity contribution in [3.8, 4) is 5.69 Å². The van der Waals surface area contributed by atoms with Crippen LogP contribution in [0.3, 0.4) is 0 Å². The number of aromatic nitrogens is 2. The number of carbonyl (C=O) groups is 2. The molecule has 0 saturated heterocycles. The maximum absolute atomic E-state index is 11.7. The Morgan fingerprint density at radius 3 is 2.71 bits per heavy atom. The Balaban J connectivity index is 1.89. The second-order valence-electron chi connectivity index (χ2n) is 4.82. The van der Waals surface area contributed by atoms with Gasteiger partial charge in [-0.2, -0.15) is 5.10 Å². The molecule has 3 N–H and O–H groups in total. The molecule has 1 heterocycles. The van der Waals surface area contributed by atoms with Crippen molar-refractivity contribution < 1.29 is 9.59 Å². The third kappa shape index (κ3) is 4.17. The summed E-state index contributed by atoms with van der Waals surface area (Å²) in [4.78, 5) is 22.5. The number of hydrogen-bond donors (Lipinski definition) is 2. The summed E-state index contributed by atoms with van der Waals surface area (Å²) in [6, 6.07) is 9.09. The quantitative estimate of drug-likeness (QED) is 0.822. The average molecular weight is 286 g/mol. The molecule has 1 aromatic heterocycles. The van der Waals surface area contributed by atoms with Crippen molar-refractivity contribution in [3.05, 3.63) is 48.3 Å². The summed E-state index contributed by atoms with van der Waals surface area (Å²) in [5.41, 5.74) is 7.02. The van der Waals surface area contributed by atoms with E-state index in [9.17, 15) is 9.59 Å². The summed E-state index contributed by atoms with van der Waals surface area (Å²) >= 11 is 0. The minimum Gasteiger partial charge on any atom is -0.368 e. The summed E-state index contributed by atoms with van der Waals surface area (Å²) in [6.07, 6.45) is 4.47. The predicted molar refractivity (Wildman–Crippen MR) is 78.7 cm³/mol. The van der Waals surface area contributed by atoms with E-state index in [0.717, 1.165) is 11.3 Å². The zero-order chi connectivity index (χ0) is 15.2. The van der Waals surface area contributed by atoms with Crippen LogP contribution in [0.2, 0.25) is 0 Å². The maximum Gasteiger partial charge on any atom is 0.239 e. The molecule has 0 bridgehead atoms. The lowest BCUT2D eigenvalue weighted by Crippen LogP contribution is -2.42. The van der Waals surface area contributed by atoms with Gasteiger partial charge < -0.3 is 11.1 Å². The molecule has 0 aliphatic heterocycles. The van der Waals surface area contributed by atoms with Gasteiger partial charge in [-0.15, -0.1) is 0 Å². The summed E-state index contributed by atoms with van der Waals surface area (Å²) in [7, 11) is 0. The van der Waals surface area contributed by atoms with Crippen LogP contribution in [0.25, 0.3) is 5.69 Å². The van der Waals surface area contributed by atoms with Crippen molar-refractivity contribution in [2.45, 2.75) is 25.8 Å². The van der Waals surface area contributed by atoms with Crippen molar-refractivity contribution in [1.82, 2.24) is 15.1 Å². The minimum absolute atomic E-state index is 0.200. The highest BCUT2D eigenvalue weighted by Crippen LogP contribution is 2.09. The van der Waals surface area contributed by atoms with Crippen molar-refractivity contribution in [1.29, 1.82) is 0 Å². The van der Waals surface area contributed by atoms with Crippen molar-refractivity contribution in [3.63, 3.8) is 0 Å². The van der Waals surface area contributed by atoms with Crippen LogP contribution in [0, 0.1) is 0 Å². The summed E-state index contributed by atoms with van der Waals surface area (Å²) in [5.74, 6) is -0.742. The zero-order valence-corrected chi connectivity index (χ0v) is 11.8. The normalized spacial score (nSPS) is 11.9.